The van der Waals surface area contributed by atoms with E-state index in [-0.39, 0.29) is 5.69 Å². The lowest BCUT2D eigenvalue weighted by molar-refractivity contribution is 0.102. The highest BCUT2D eigenvalue weighted by atomic mass is 35.5. The van der Waals surface area contributed by atoms with Crippen molar-refractivity contribution in [2.24, 2.45) is 0 Å². The Morgan fingerprint density at radius 3 is 2.64 bits per heavy atom. The Morgan fingerprint density at radius 1 is 1.18 bits per heavy atom. The molecule has 3 rings (SSSR count). The van der Waals surface area contributed by atoms with Crippen LogP contribution >= 0.6 is 11.6 Å². The van der Waals surface area contributed by atoms with Crippen LogP contribution in [0.3, 0.4) is 0 Å². The van der Waals surface area contributed by atoms with Gasteiger partial charge in [-0.25, -0.2) is 14.1 Å². The summed E-state index contributed by atoms with van der Waals surface area (Å²) >= 11 is 5.79. The molecule has 0 aliphatic rings. The molecule has 0 spiro atoms. The molecule has 0 radical (unpaired) electrons. The standard InChI is InChI=1S/C15H10ClFN4O/c16-11-3-6-13(17)14(7-11)20-15(22)10-1-4-12(5-2-10)21-9-18-8-19-21/h1-9H,(H,20,22). The first kappa shape index (κ1) is 14.2. The van der Waals surface area contributed by atoms with E-state index in [0.717, 1.165) is 5.69 Å². The Bertz CT molecular complexity index is 803. The fourth-order valence-corrected chi connectivity index (χ4v) is 2.07. The third kappa shape index (κ3) is 2.96. The molecule has 0 unspecified atom stereocenters. The molecule has 0 saturated heterocycles. The molecule has 1 N–H and O–H groups in total. The topological polar surface area (TPSA) is 59.8 Å². The smallest absolute Gasteiger partial charge is 0.255 e. The number of nitrogens with one attached hydrogen (secondary N) is 1. The Labute approximate surface area is 130 Å². The van der Waals surface area contributed by atoms with Crippen molar-refractivity contribution >= 4 is 23.2 Å². The molecule has 0 fully saturated rings. The fourth-order valence-electron chi connectivity index (χ4n) is 1.89. The van der Waals surface area contributed by atoms with Gasteiger partial charge < -0.3 is 5.32 Å². The van der Waals surface area contributed by atoms with Crippen molar-refractivity contribution in [3.8, 4) is 5.69 Å². The highest BCUT2D eigenvalue weighted by Gasteiger charge is 2.10. The van der Waals surface area contributed by atoms with E-state index in [0.29, 0.717) is 10.6 Å². The van der Waals surface area contributed by atoms with Crippen molar-refractivity contribution in [2.45, 2.75) is 0 Å². The van der Waals surface area contributed by atoms with Crippen LogP contribution in [0.15, 0.2) is 55.1 Å². The van der Waals surface area contributed by atoms with Gasteiger partial charge in [-0.05, 0) is 42.5 Å². The molecule has 110 valence electrons. The molecule has 1 heterocycles. The van der Waals surface area contributed by atoms with Gasteiger partial charge in [-0.3, -0.25) is 4.79 Å². The Morgan fingerprint density at radius 2 is 1.95 bits per heavy atom. The minimum atomic E-state index is -0.544. The number of halogens is 2. The van der Waals surface area contributed by atoms with Gasteiger partial charge in [0.15, 0.2) is 0 Å². The lowest BCUT2D eigenvalue weighted by atomic mass is 10.2. The van der Waals surface area contributed by atoms with Crippen molar-refractivity contribution in [3.63, 3.8) is 0 Å². The molecule has 0 aliphatic carbocycles. The number of rotatable bonds is 3. The van der Waals surface area contributed by atoms with Crippen LogP contribution in [0.5, 0.6) is 0 Å². The van der Waals surface area contributed by atoms with Crippen molar-refractivity contribution in [1.82, 2.24) is 14.8 Å². The molecule has 0 bridgehead atoms. The molecule has 0 atom stereocenters. The normalized spacial score (nSPS) is 10.5. The first-order valence-electron chi connectivity index (χ1n) is 6.35. The second kappa shape index (κ2) is 5.95. The van der Waals surface area contributed by atoms with Crippen LogP contribution in [0.1, 0.15) is 10.4 Å². The second-order valence-electron chi connectivity index (χ2n) is 4.47. The quantitative estimate of drug-likeness (QED) is 0.806. The molecular formula is C15H10ClFN4O. The van der Waals surface area contributed by atoms with Gasteiger partial charge in [0.05, 0.1) is 11.4 Å². The first-order chi connectivity index (χ1) is 10.6. The number of aromatic nitrogens is 3. The summed E-state index contributed by atoms with van der Waals surface area (Å²) in [4.78, 5) is 16.0. The highest BCUT2D eigenvalue weighted by Crippen LogP contribution is 2.20. The minimum absolute atomic E-state index is 0.0397. The number of carbonyl (C=O) groups excluding carboxylic acids is 1. The summed E-state index contributed by atoms with van der Waals surface area (Å²) in [6.45, 7) is 0. The summed E-state index contributed by atoms with van der Waals surface area (Å²) < 4.78 is 15.2. The molecule has 1 amide bonds. The van der Waals surface area contributed by atoms with E-state index in [1.165, 1.54) is 24.5 Å². The van der Waals surface area contributed by atoms with Crippen molar-refractivity contribution < 1.29 is 9.18 Å². The monoisotopic (exact) mass is 316 g/mol. The number of hydrogen-bond acceptors (Lipinski definition) is 3. The summed E-state index contributed by atoms with van der Waals surface area (Å²) in [5.74, 6) is -0.969. The van der Waals surface area contributed by atoms with Gasteiger partial charge in [0.2, 0.25) is 0 Å². The number of carbonyl (C=O) groups is 1. The summed E-state index contributed by atoms with van der Waals surface area (Å²) in [6.07, 6.45) is 2.97. The summed E-state index contributed by atoms with van der Waals surface area (Å²) in [5, 5.41) is 6.82. The predicted molar refractivity (Wildman–Crippen MR) is 80.7 cm³/mol. The molecule has 22 heavy (non-hydrogen) atoms. The van der Waals surface area contributed by atoms with E-state index < -0.39 is 11.7 Å². The summed E-state index contributed by atoms with van der Waals surface area (Å²) in [6, 6.07) is 10.7. The number of amides is 1. The van der Waals surface area contributed by atoms with Crippen LogP contribution in [0.4, 0.5) is 10.1 Å². The molecule has 0 saturated carbocycles. The molecule has 2 aromatic carbocycles. The number of hydrogen-bond donors (Lipinski definition) is 1. The zero-order chi connectivity index (χ0) is 15.5. The molecule has 1 aromatic heterocycles. The lowest BCUT2D eigenvalue weighted by Crippen LogP contribution is -2.13. The number of benzene rings is 2. The largest absolute Gasteiger partial charge is 0.319 e. The van der Waals surface area contributed by atoms with E-state index >= 15 is 0 Å². The Hall–Kier alpha value is -2.73. The molecule has 7 heteroatoms. The maximum absolute atomic E-state index is 13.6. The molecule has 0 aliphatic heterocycles. The van der Waals surface area contributed by atoms with Crippen LogP contribution in [0, 0.1) is 5.82 Å². The molecular weight excluding hydrogens is 307 g/mol. The average molecular weight is 317 g/mol. The number of nitrogens with zero attached hydrogens (tertiary/aromatic N) is 3. The van der Waals surface area contributed by atoms with E-state index in [1.54, 1.807) is 35.3 Å². The maximum Gasteiger partial charge on any atom is 0.255 e. The number of anilines is 1. The van der Waals surface area contributed by atoms with Gasteiger partial charge in [0.25, 0.3) is 5.91 Å². The van der Waals surface area contributed by atoms with Gasteiger partial charge in [-0.1, -0.05) is 11.6 Å². The van der Waals surface area contributed by atoms with Crippen molar-refractivity contribution in [1.29, 1.82) is 0 Å². The van der Waals surface area contributed by atoms with Gasteiger partial charge in [0.1, 0.15) is 18.5 Å². The predicted octanol–water partition coefficient (Wildman–Crippen LogP) is 3.31. The van der Waals surface area contributed by atoms with Crippen LogP contribution in [-0.4, -0.2) is 20.7 Å². The third-order valence-electron chi connectivity index (χ3n) is 2.99. The van der Waals surface area contributed by atoms with E-state index in [2.05, 4.69) is 15.4 Å². The van der Waals surface area contributed by atoms with E-state index in [4.69, 9.17) is 11.6 Å². The summed E-state index contributed by atoms with van der Waals surface area (Å²) in [7, 11) is 0. The first-order valence-corrected chi connectivity index (χ1v) is 6.73. The molecule has 3 aromatic rings. The van der Waals surface area contributed by atoms with Crippen LogP contribution in [0.2, 0.25) is 5.02 Å². The molecule has 5 nitrogen and oxygen atoms in total. The van der Waals surface area contributed by atoms with E-state index in [1.807, 2.05) is 0 Å². The van der Waals surface area contributed by atoms with Crippen LogP contribution < -0.4 is 5.32 Å². The zero-order valence-electron chi connectivity index (χ0n) is 11.2. The van der Waals surface area contributed by atoms with E-state index in [9.17, 15) is 9.18 Å². The second-order valence-corrected chi connectivity index (χ2v) is 4.90. The maximum atomic E-state index is 13.6. The Kier molecular flexibility index (Phi) is 3.84. The zero-order valence-corrected chi connectivity index (χ0v) is 12.0. The average Bonchev–Trinajstić information content (AvgIpc) is 3.05. The van der Waals surface area contributed by atoms with Crippen LogP contribution in [-0.2, 0) is 0 Å². The Balaban J connectivity index is 1.79. The minimum Gasteiger partial charge on any atom is -0.319 e. The van der Waals surface area contributed by atoms with Gasteiger partial charge in [-0.15, -0.1) is 0 Å². The highest BCUT2D eigenvalue weighted by molar-refractivity contribution is 6.31. The van der Waals surface area contributed by atoms with Crippen molar-refractivity contribution in [2.75, 3.05) is 5.32 Å². The third-order valence-corrected chi connectivity index (χ3v) is 3.22. The lowest BCUT2D eigenvalue weighted by Gasteiger charge is -2.07. The van der Waals surface area contributed by atoms with Gasteiger partial charge >= 0.3 is 0 Å². The fraction of sp³-hybridized carbons (Fsp3) is 0. The SMILES string of the molecule is O=C(Nc1cc(Cl)ccc1F)c1ccc(-n2cncn2)cc1. The van der Waals surface area contributed by atoms with Crippen LogP contribution in [0.25, 0.3) is 5.69 Å². The van der Waals surface area contributed by atoms with Gasteiger partial charge in [0, 0.05) is 10.6 Å². The van der Waals surface area contributed by atoms with Crippen molar-refractivity contribution in [3.05, 3.63) is 71.5 Å². The summed E-state index contributed by atoms with van der Waals surface area (Å²) in [5.41, 5.74) is 1.20. The van der Waals surface area contributed by atoms with Gasteiger partial charge in [-0.2, -0.15) is 5.10 Å².